The first kappa shape index (κ1) is 12.4. The molecule has 16 heavy (non-hydrogen) atoms. The van der Waals surface area contributed by atoms with Gasteiger partial charge in [0.15, 0.2) is 0 Å². The van der Waals surface area contributed by atoms with Crippen LogP contribution in [0.2, 0.25) is 0 Å². The van der Waals surface area contributed by atoms with Crippen LogP contribution in [-0.4, -0.2) is 18.3 Å². The first-order valence-corrected chi connectivity index (χ1v) is 5.74. The molecule has 84 valence electrons. The van der Waals surface area contributed by atoms with Crippen LogP contribution in [0.1, 0.15) is 12.5 Å². The SMILES string of the molecule is CCOC(=O)CSc1ccc(C#N)c(N)c1. The number of ether oxygens (including phenoxy) is 1. The van der Waals surface area contributed by atoms with Crippen molar-refractivity contribution in [3.05, 3.63) is 23.8 Å². The lowest BCUT2D eigenvalue weighted by Crippen LogP contribution is -2.06. The Hall–Kier alpha value is -1.67. The van der Waals surface area contributed by atoms with Crippen molar-refractivity contribution in [2.75, 3.05) is 18.1 Å². The van der Waals surface area contributed by atoms with Crippen molar-refractivity contribution < 1.29 is 9.53 Å². The number of thioether (sulfide) groups is 1. The molecule has 5 heteroatoms. The molecule has 0 aliphatic heterocycles. The highest BCUT2D eigenvalue weighted by Gasteiger charge is 2.05. The summed E-state index contributed by atoms with van der Waals surface area (Å²) in [7, 11) is 0. The Balaban J connectivity index is 2.59. The van der Waals surface area contributed by atoms with Crippen molar-refractivity contribution in [2.24, 2.45) is 0 Å². The van der Waals surface area contributed by atoms with Gasteiger partial charge in [-0.25, -0.2) is 0 Å². The molecular formula is C11H12N2O2S. The van der Waals surface area contributed by atoms with E-state index < -0.39 is 0 Å². The summed E-state index contributed by atoms with van der Waals surface area (Å²) in [5, 5.41) is 8.69. The Kier molecular flexibility index (Phi) is 4.67. The summed E-state index contributed by atoms with van der Waals surface area (Å²) < 4.78 is 4.80. The van der Waals surface area contributed by atoms with E-state index in [4.69, 9.17) is 15.7 Å². The minimum Gasteiger partial charge on any atom is -0.465 e. The third-order valence-electron chi connectivity index (χ3n) is 1.81. The number of hydrogen-bond donors (Lipinski definition) is 1. The van der Waals surface area contributed by atoms with Gasteiger partial charge < -0.3 is 10.5 Å². The summed E-state index contributed by atoms with van der Waals surface area (Å²) in [6, 6.07) is 7.07. The molecule has 0 heterocycles. The normalized spacial score (nSPS) is 9.50. The molecule has 0 aliphatic rings. The number of benzene rings is 1. The fourth-order valence-corrected chi connectivity index (χ4v) is 1.82. The summed E-state index contributed by atoms with van der Waals surface area (Å²) in [6.45, 7) is 2.15. The Bertz CT molecular complexity index is 426. The molecule has 0 amide bonds. The van der Waals surface area contributed by atoms with Crippen LogP contribution in [0.4, 0.5) is 5.69 Å². The molecule has 1 aromatic rings. The van der Waals surface area contributed by atoms with Gasteiger partial charge in [0, 0.05) is 4.90 Å². The zero-order chi connectivity index (χ0) is 12.0. The van der Waals surface area contributed by atoms with E-state index in [0.29, 0.717) is 17.9 Å². The molecule has 0 fully saturated rings. The number of esters is 1. The maximum absolute atomic E-state index is 11.1. The Morgan fingerprint density at radius 3 is 2.94 bits per heavy atom. The van der Waals surface area contributed by atoms with Crippen LogP contribution in [0.3, 0.4) is 0 Å². The minimum atomic E-state index is -0.254. The van der Waals surface area contributed by atoms with Gasteiger partial charge in [0.05, 0.1) is 23.6 Å². The molecule has 0 aliphatic carbocycles. The average molecular weight is 236 g/mol. The van der Waals surface area contributed by atoms with Gasteiger partial charge in [-0.05, 0) is 25.1 Å². The van der Waals surface area contributed by atoms with E-state index in [2.05, 4.69) is 0 Å². The predicted molar refractivity (Wildman–Crippen MR) is 62.9 cm³/mol. The fraction of sp³-hybridized carbons (Fsp3) is 0.273. The van der Waals surface area contributed by atoms with Crippen molar-refractivity contribution in [1.29, 1.82) is 5.26 Å². The number of carbonyl (C=O) groups is 1. The maximum Gasteiger partial charge on any atom is 0.316 e. The molecule has 2 N–H and O–H groups in total. The van der Waals surface area contributed by atoms with E-state index in [1.165, 1.54) is 11.8 Å². The van der Waals surface area contributed by atoms with Gasteiger partial charge >= 0.3 is 5.97 Å². The van der Waals surface area contributed by atoms with E-state index in [1.54, 1.807) is 25.1 Å². The molecule has 0 atom stereocenters. The zero-order valence-electron chi connectivity index (χ0n) is 8.90. The zero-order valence-corrected chi connectivity index (χ0v) is 9.71. The Morgan fingerprint density at radius 2 is 2.38 bits per heavy atom. The van der Waals surface area contributed by atoms with Gasteiger partial charge in [0.2, 0.25) is 0 Å². The number of rotatable bonds is 4. The lowest BCUT2D eigenvalue weighted by molar-refractivity contribution is -0.139. The fourth-order valence-electron chi connectivity index (χ4n) is 1.08. The molecule has 0 saturated carbocycles. The molecule has 0 unspecified atom stereocenters. The number of nitrogen functional groups attached to an aromatic ring is 1. The van der Waals surface area contributed by atoms with Crippen LogP contribution < -0.4 is 5.73 Å². The topological polar surface area (TPSA) is 76.1 Å². The number of carbonyl (C=O) groups excluding carboxylic acids is 1. The molecule has 1 aromatic carbocycles. The van der Waals surface area contributed by atoms with Crippen molar-refractivity contribution in [1.82, 2.24) is 0 Å². The number of anilines is 1. The highest BCUT2D eigenvalue weighted by molar-refractivity contribution is 8.00. The van der Waals surface area contributed by atoms with Crippen LogP contribution in [-0.2, 0) is 9.53 Å². The molecule has 1 rings (SSSR count). The van der Waals surface area contributed by atoms with Gasteiger partial charge in [-0.15, -0.1) is 11.8 Å². The number of nitrogens with two attached hydrogens (primary N) is 1. The van der Waals surface area contributed by atoms with E-state index in [9.17, 15) is 4.79 Å². The summed E-state index contributed by atoms with van der Waals surface area (Å²) in [4.78, 5) is 11.9. The summed E-state index contributed by atoms with van der Waals surface area (Å²) in [5.41, 5.74) is 6.52. The standard InChI is InChI=1S/C11H12N2O2S/c1-2-15-11(14)7-16-9-4-3-8(6-12)10(13)5-9/h3-5H,2,7,13H2,1H3. The first-order chi connectivity index (χ1) is 7.67. The number of hydrogen-bond acceptors (Lipinski definition) is 5. The summed E-state index contributed by atoms with van der Waals surface area (Å²) >= 11 is 1.34. The number of nitrogens with zero attached hydrogens (tertiary/aromatic N) is 1. The van der Waals surface area contributed by atoms with Crippen molar-refractivity contribution in [2.45, 2.75) is 11.8 Å². The quantitative estimate of drug-likeness (QED) is 0.490. The number of nitriles is 1. The lowest BCUT2D eigenvalue weighted by atomic mass is 10.2. The van der Waals surface area contributed by atoms with Gasteiger partial charge in [-0.1, -0.05) is 0 Å². The first-order valence-electron chi connectivity index (χ1n) is 4.75. The Labute approximate surface area is 98.4 Å². The second-order valence-electron chi connectivity index (χ2n) is 2.95. The molecule has 0 aromatic heterocycles. The van der Waals surface area contributed by atoms with Crippen molar-refractivity contribution in [3.8, 4) is 6.07 Å². The molecular weight excluding hydrogens is 224 g/mol. The highest BCUT2D eigenvalue weighted by atomic mass is 32.2. The maximum atomic E-state index is 11.1. The third-order valence-corrected chi connectivity index (χ3v) is 2.77. The largest absolute Gasteiger partial charge is 0.465 e. The van der Waals surface area contributed by atoms with Gasteiger partial charge in [0.25, 0.3) is 0 Å². The van der Waals surface area contributed by atoms with Gasteiger partial charge in [-0.3, -0.25) is 4.79 Å². The third kappa shape index (κ3) is 3.48. The van der Waals surface area contributed by atoms with E-state index in [1.807, 2.05) is 6.07 Å². The van der Waals surface area contributed by atoms with Gasteiger partial charge in [0.1, 0.15) is 6.07 Å². The van der Waals surface area contributed by atoms with E-state index >= 15 is 0 Å². The molecule has 4 nitrogen and oxygen atoms in total. The van der Waals surface area contributed by atoms with E-state index in [-0.39, 0.29) is 11.7 Å². The summed E-state index contributed by atoms with van der Waals surface area (Å²) in [6.07, 6.45) is 0. The Morgan fingerprint density at radius 1 is 1.62 bits per heavy atom. The van der Waals surface area contributed by atoms with Crippen molar-refractivity contribution in [3.63, 3.8) is 0 Å². The van der Waals surface area contributed by atoms with Crippen LogP contribution in [0.5, 0.6) is 0 Å². The van der Waals surface area contributed by atoms with Gasteiger partial charge in [-0.2, -0.15) is 5.26 Å². The molecule has 0 saturated heterocycles. The highest BCUT2D eigenvalue weighted by Crippen LogP contribution is 2.22. The second kappa shape index (κ2) is 6.03. The molecule has 0 spiro atoms. The molecule has 0 bridgehead atoms. The van der Waals surface area contributed by atoms with Crippen LogP contribution in [0, 0.1) is 11.3 Å². The minimum absolute atomic E-state index is 0.249. The van der Waals surface area contributed by atoms with Crippen molar-refractivity contribution >= 4 is 23.4 Å². The monoisotopic (exact) mass is 236 g/mol. The smallest absolute Gasteiger partial charge is 0.316 e. The predicted octanol–water partition coefficient (Wildman–Crippen LogP) is 1.80. The van der Waals surface area contributed by atoms with Crippen LogP contribution >= 0.6 is 11.8 Å². The van der Waals surface area contributed by atoms with E-state index in [0.717, 1.165) is 4.90 Å². The second-order valence-corrected chi connectivity index (χ2v) is 4.00. The summed E-state index contributed by atoms with van der Waals surface area (Å²) in [5.74, 6) is -0.00504. The van der Waals surface area contributed by atoms with Crippen LogP contribution in [0.25, 0.3) is 0 Å². The molecule has 0 radical (unpaired) electrons. The van der Waals surface area contributed by atoms with Crippen LogP contribution in [0.15, 0.2) is 23.1 Å². The average Bonchev–Trinajstić information content (AvgIpc) is 2.27. The lowest BCUT2D eigenvalue weighted by Gasteiger charge is -2.03.